The van der Waals surface area contributed by atoms with Crippen molar-refractivity contribution in [3.63, 3.8) is 0 Å². The van der Waals surface area contributed by atoms with Gasteiger partial charge in [0, 0.05) is 16.7 Å². The Hall–Kier alpha value is -2.96. The van der Waals surface area contributed by atoms with E-state index in [1.165, 1.54) is 6.08 Å². The number of hydrogen-bond acceptors (Lipinski definition) is 4. The van der Waals surface area contributed by atoms with Gasteiger partial charge in [0.05, 0.1) is 23.4 Å². The van der Waals surface area contributed by atoms with Gasteiger partial charge in [-0.3, -0.25) is 4.79 Å². The van der Waals surface area contributed by atoms with Crippen molar-refractivity contribution in [1.29, 1.82) is 0 Å². The molecule has 3 rings (SSSR count). The quantitative estimate of drug-likeness (QED) is 0.181. The highest BCUT2D eigenvalue weighted by Gasteiger charge is 2.13. The number of nitrogens with one attached hydrogen (secondary N) is 1. The van der Waals surface area contributed by atoms with Crippen LogP contribution in [0.3, 0.4) is 0 Å². The van der Waals surface area contributed by atoms with Gasteiger partial charge in [-0.1, -0.05) is 55.3 Å². The molecule has 0 atom stereocenters. The third kappa shape index (κ3) is 8.05. The number of carbonyl (C=O) groups excluding carboxylic acids is 1. The Morgan fingerprint density at radius 3 is 2.54 bits per heavy atom. The van der Waals surface area contributed by atoms with Crippen molar-refractivity contribution in [2.75, 3.05) is 18.5 Å². The van der Waals surface area contributed by atoms with Gasteiger partial charge in [-0.25, -0.2) is 0 Å². The molecule has 0 bridgehead atoms. The maximum absolute atomic E-state index is 12.6. The SMILES string of the molecule is CCCCOc1ccccc1NC(=O)/C=C/c1cc(Br)c(OCc2ccccc2Cl)c(OCC)c1. The molecule has 0 aliphatic rings. The van der Waals surface area contributed by atoms with E-state index in [2.05, 4.69) is 28.2 Å². The standard InChI is InChI=1S/C28H29BrClNO4/c1-3-5-16-34-25-13-9-8-12-24(25)31-27(32)15-14-20-17-22(29)28(26(18-20)33-4-2)35-19-21-10-6-7-11-23(21)30/h6-15,17-18H,3-5,16,19H2,1-2H3,(H,31,32)/b15-14+. The van der Waals surface area contributed by atoms with E-state index >= 15 is 0 Å². The van der Waals surface area contributed by atoms with E-state index in [1.807, 2.05) is 67.6 Å². The summed E-state index contributed by atoms with van der Waals surface area (Å²) in [4.78, 5) is 12.6. The lowest BCUT2D eigenvalue weighted by Crippen LogP contribution is -2.09. The topological polar surface area (TPSA) is 56.8 Å². The first-order valence-corrected chi connectivity index (χ1v) is 12.7. The summed E-state index contributed by atoms with van der Waals surface area (Å²) >= 11 is 9.82. The summed E-state index contributed by atoms with van der Waals surface area (Å²) in [6.07, 6.45) is 5.20. The molecule has 0 fully saturated rings. The maximum Gasteiger partial charge on any atom is 0.248 e. The zero-order valence-electron chi connectivity index (χ0n) is 19.9. The normalized spacial score (nSPS) is 10.9. The lowest BCUT2D eigenvalue weighted by molar-refractivity contribution is -0.111. The largest absolute Gasteiger partial charge is 0.491 e. The van der Waals surface area contributed by atoms with Crippen molar-refractivity contribution >= 4 is 45.2 Å². The van der Waals surface area contributed by atoms with Crippen molar-refractivity contribution < 1.29 is 19.0 Å². The van der Waals surface area contributed by atoms with Crippen molar-refractivity contribution in [1.82, 2.24) is 0 Å². The lowest BCUT2D eigenvalue weighted by Gasteiger charge is -2.15. The van der Waals surface area contributed by atoms with Gasteiger partial charge in [0.2, 0.25) is 5.91 Å². The Bertz CT molecular complexity index is 1170. The molecular formula is C28H29BrClNO4. The monoisotopic (exact) mass is 557 g/mol. The molecule has 1 amide bonds. The molecule has 0 saturated carbocycles. The summed E-state index contributed by atoms with van der Waals surface area (Å²) < 4.78 is 18.3. The first-order chi connectivity index (χ1) is 17.0. The summed E-state index contributed by atoms with van der Waals surface area (Å²) in [6, 6.07) is 18.7. The van der Waals surface area contributed by atoms with Gasteiger partial charge in [0.1, 0.15) is 12.4 Å². The number of unbranched alkanes of at least 4 members (excludes halogenated alkanes) is 1. The summed E-state index contributed by atoms with van der Waals surface area (Å²) in [5.74, 6) is 1.55. The van der Waals surface area contributed by atoms with Crippen LogP contribution in [0.5, 0.6) is 17.2 Å². The van der Waals surface area contributed by atoms with E-state index in [0.717, 1.165) is 24.0 Å². The molecule has 3 aromatic rings. The summed E-state index contributed by atoms with van der Waals surface area (Å²) in [5.41, 5.74) is 2.30. The van der Waals surface area contributed by atoms with Crippen LogP contribution in [0.1, 0.15) is 37.8 Å². The average molecular weight is 559 g/mol. The Morgan fingerprint density at radius 2 is 1.77 bits per heavy atom. The number of halogens is 2. The zero-order chi connectivity index (χ0) is 25.0. The summed E-state index contributed by atoms with van der Waals surface area (Å²) in [5, 5.41) is 3.53. The lowest BCUT2D eigenvalue weighted by atomic mass is 10.1. The van der Waals surface area contributed by atoms with Gasteiger partial charge in [-0.2, -0.15) is 0 Å². The van der Waals surface area contributed by atoms with E-state index < -0.39 is 0 Å². The smallest absolute Gasteiger partial charge is 0.248 e. The van der Waals surface area contributed by atoms with Crippen molar-refractivity contribution in [2.45, 2.75) is 33.3 Å². The number of benzene rings is 3. The summed E-state index contributed by atoms with van der Waals surface area (Å²) in [6.45, 7) is 5.39. The highest BCUT2D eigenvalue weighted by Crippen LogP contribution is 2.38. The van der Waals surface area contributed by atoms with Crippen LogP contribution in [0.15, 0.2) is 71.2 Å². The molecule has 3 aromatic carbocycles. The third-order valence-electron chi connectivity index (χ3n) is 4.99. The Kier molecular flexibility index (Phi) is 10.5. The second-order valence-corrected chi connectivity index (χ2v) is 8.93. The number of amides is 1. The molecule has 35 heavy (non-hydrogen) atoms. The molecule has 0 aliphatic carbocycles. The molecule has 0 saturated heterocycles. The molecule has 7 heteroatoms. The molecule has 0 unspecified atom stereocenters. The number of carbonyl (C=O) groups is 1. The molecule has 0 radical (unpaired) electrons. The highest BCUT2D eigenvalue weighted by molar-refractivity contribution is 9.10. The van der Waals surface area contributed by atoms with Crippen LogP contribution in [0.25, 0.3) is 6.08 Å². The van der Waals surface area contributed by atoms with Crippen LogP contribution < -0.4 is 19.5 Å². The van der Waals surface area contributed by atoms with Gasteiger partial charge >= 0.3 is 0 Å². The van der Waals surface area contributed by atoms with Crippen molar-refractivity contribution in [2.24, 2.45) is 0 Å². The van der Waals surface area contributed by atoms with E-state index in [-0.39, 0.29) is 5.91 Å². The number of rotatable bonds is 12. The molecular weight excluding hydrogens is 530 g/mol. The first-order valence-electron chi connectivity index (χ1n) is 11.5. The molecule has 0 aliphatic heterocycles. The minimum atomic E-state index is -0.260. The Balaban J connectivity index is 1.71. The van der Waals surface area contributed by atoms with E-state index in [1.54, 1.807) is 6.08 Å². The van der Waals surface area contributed by atoms with Gasteiger partial charge in [0.15, 0.2) is 11.5 Å². The Labute approximate surface area is 220 Å². The second-order valence-electron chi connectivity index (χ2n) is 7.66. The zero-order valence-corrected chi connectivity index (χ0v) is 22.2. The number of ether oxygens (including phenoxy) is 3. The third-order valence-corrected chi connectivity index (χ3v) is 5.95. The van der Waals surface area contributed by atoms with Gasteiger partial charge in [-0.15, -0.1) is 0 Å². The van der Waals surface area contributed by atoms with Crippen LogP contribution in [0.4, 0.5) is 5.69 Å². The molecule has 0 heterocycles. The number of hydrogen-bond donors (Lipinski definition) is 1. The summed E-state index contributed by atoms with van der Waals surface area (Å²) in [7, 11) is 0. The predicted octanol–water partition coefficient (Wildman–Crippen LogP) is 7.91. The average Bonchev–Trinajstić information content (AvgIpc) is 2.84. The number of para-hydroxylation sites is 2. The van der Waals surface area contributed by atoms with Crippen LogP contribution >= 0.6 is 27.5 Å². The van der Waals surface area contributed by atoms with Crippen molar-refractivity contribution in [3.05, 3.63) is 87.4 Å². The first kappa shape index (κ1) is 26.6. The fourth-order valence-corrected chi connectivity index (χ4v) is 3.99. The van der Waals surface area contributed by atoms with Gasteiger partial charge < -0.3 is 19.5 Å². The van der Waals surface area contributed by atoms with Gasteiger partial charge in [-0.05, 0) is 71.2 Å². The molecule has 0 spiro atoms. The van der Waals surface area contributed by atoms with E-state index in [9.17, 15) is 4.79 Å². The Morgan fingerprint density at radius 1 is 1.00 bits per heavy atom. The molecule has 1 N–H and O–H groups in total. The maximum atomic E-state index is 12.6. The fraction of sp³-hybridized carbons (Fsp3) is 0.250. The number of anilines is 1. The minimum absolute atomic E-state index is 0.260. The minimum Gasteiger partial charge on any atom is -0.491 e. The predicted molar refractivity (Wildman–Crippen MR) is 146 cm³/mol. The van der Waals surface area contributed by atoms with Crippen LogP contribution in [-0.2, 0) is 11.4 Å². The molecule has 184 valence electrons. The van der Waals surface area contributed by atoms with Crippen LogP contribution in [0, 0.1) is 0 Å². The van der Waals surface area contributed by atoms with E-state index in [4.69, 9.17) is 25.8 Å². The van der Waals surface area contributed by atoms with Crippen molar-refractivity contribution in [3.8, 4) is 17.2 Å². The highest BCUT2D eigenvalue weighted by atomic mass is 79.9. The van der Waals surface area contributed by atoms with Crippen LogP contribution in [0.2, 0.25) is 5.02 Å². The molecule has 0 aromatic heterocycles. The molecule has 5 nitrogen and oxygen atoms in total. The van der Waals surface area contributed by atoms with Gasteiger partial charge in [0.25, 0.3) is 0 Å². The van der Waals surface area contributed by atoms with Crippen LogP contribution in [-0.4, -0.2) is 19.1 Å². The van der Waals surface area contributed by atoms with E-state index in [0.29, 0.717) is 52.3 Å². The second kappa shape index (κ2) is 13.8. The fourth-order valence-electron chi connectivity index (χ4n) is 3.22.